The third kappa shape index (κ3) is 4.73. The van der Waals surface area contributed by atoms with Gasteiger partial charge in [0, 0.05) is 26.2 Å². The number of benzene rings is 2. The largest absolute Gasteiger partial charge is 0.573 e. The van der Waals surface area contributed by atoms with Crippen molar-refractivity contribution in [1.82, 2.24) is 4.31 Å². The Hall–Kier alpha value is -2.66. The van der Waals surface area contributed by atoms with Crippen molar-refractivity contribution < 1.29 is 35.5 Å². The van der Waals surface area contributed by atoms with E-state index in [0.717, 1.165) is 24.3 Å². The lowest BCUT2D eigenvalue weighted by atomic mass is 10.1. The number of rotatable bonds is 5. The van der Waals surface area contributed by atoms with E-state index in [1.165, 1.54) is 23.4 Å². The van der Waals surface area contributed by atoms with Crippen LogP contribution in [0.15, 0.2) is 47.4 Å². The molecule has 0 spiro atoms. The molecule has 1 heterocycles. The molecule has 0 aromatic heterocycles. The molecule has 6 nitrogen and oxygen atoms in total. The van der Waals surface area contributed by atoms with Crippen molar-refractivity contribution in [3.05, 3.63) is 53.8 Å². The molecule has 0 radical (unpaired) electrons. The number of alkyl halides is 3. The van der Waals surface area contributed by atoms with Gasteiger partial charge in [0.2, 0.25) is 10.0 Å². The first-order valence-electron chi connectivity index (χ1n) is 8.89. The van der Waals surface area contributed by atoms with E-state index >= 15 is 0 Å². The molecule has 1 fully saturated rings. The second-order valence-corrected chi connectivity index (χ2v) is 8.54. The fourth-order valence-corrected chi connectivity index (χ4v) is 4.68. The first-order chi connectivity index (χ1) is 14.0. The van der Waals surface area contributed by atoms with Crippen molar-refractivity contribution in [2.45, 2.75) is 18.2 Å². The molecule has 3 rings (SSSR count). The Morgan fingerprint density at radius 2 is 1.60 bits per heavy atom. The second-order valence-electron chi connectivity index (χ2n) is 6.60. The number of halogens is 4. The van der Waals surface area contributed by atoms with E-state index in [1.807, 2.05) is 0 Å². The third-order valence-corrected chi connectivity index (χ3v) is 6.53. The SMILES string of the molecule is CC(=O)c1c(F)cccc1N1CCN(S(=O)(=O)c2ccc(OC(F)(F)F)cc2)CC1. The van der Waals surface area contributed by atoms with Crippen LogP contribution in [0.5, 0.6) is 5.75 Å². The Morgan fingerprint density at radius 3 is 2.13 bits per heavy atom. The summed E-state index contributed by atoms with van der Waals surface area (Å²) < 4.78 is 81.3. The number of hydrogen-bond donors (Lipinski definition) is 0. The number of piperazine rings is 1. The summed E-state index contributed by atoms with van der Waals surface area (Å²) in [5, 5.41) is 0. The van der Waals surface area contributed by atoms with E-state index in [-0.39, 0.29) is 36.6 Å². The highest BCUT2D eigenvalue weighted by atomic mass is 32.2. The standard InChI is InChI=1S/C19H18F4N2O4S/c1-13(26)18-16(20)3-2-4-17(18)24-9-11-25(12-10-24)30(27,28)15-7-5-14(6-8-15)29-19(21,22)23/h2-8H,9-12H2,1H3. The quantitative estimate of drug-likeness (QED) is 0.520. The molecular formula is C19H18F4N2O4S. The fraction of sp³-hybridized carbons (Fsp3) is 0.316. The van der Waals surface area contributed by atoms with Gasteiger partial charge in [0.05, 0.1) is 16.1 Å². The van der Waals surface area contributed by atoms with Crippen molar-refractivity contribution in [2.24, 2.45) is 0 Å². The molecule has 0 bridgehead atoms. The highest BCUT2D eigenvalue weighted by molar-refractivity contribution is 7.89. The van der Waals surface area contributed by atoms with E-state index < -0.39 is 33.7 Å². The van der Waals surface area contributed by atoms with Gasteiger partial charge >= 0.3 is 6.36 Å². The topological polar surface area (TPSA) is 66.9 Å². The van der Waals surface area contributed by atoms with E-state index in [9.17, 15) is 30.8 Å². The summed E-state index contributed by atoms with van der Waals surface area (Å²) in [5.74, 6) is -1.59. The zero-order chi connectivity index (χ0) is 22.1. The number of anilines is 1. The lowest BCUT2D eigenvalue weighted by Crippen LogP contribution is -2.49. The van der Waals surface area contributed by atoms with Crippen LogP contribution in [-0.4, -0.2) is 51.0 Å². The number of carbonyl (C=O) groups is 1. The minimum absolute atomic E-state index is 0.0472. The van der Waals surface area contributed by atoms with Gasteiger partial charge in [-0.25, -0.2) is 12.8 Å². The summed E-state index contributed by atoms with van der Waals surface area (Å²) in [6, 6.07) is 8.22. The minimum atomic E-state index is -4.87. The van der Waals surface area contributed by atoms with E-state index in [1.54, 1.807) is 11.0 Å². The normalized spacial score (nSPS) is 15.8. The zero-order valence-electron chi connectivity index (χ0n) is 15.8. The Balaban J connectivity index is 1.73. The Labute approximate surface area is 170 Å². The molecule has 1 aliphatic heterocycles. The van der Waals surface area contributed by atoms with Crippen LogP contribution in [0.4, 0.5) is 23.2 Å². The van der Waals surface area contributed by atoms with Crippen LogP contribution in [0, 0.1) is 5.82 Å². The molecule has 1 saturated heterocycles. The summed E-state index contributed by atoms with van der Waals surface area (Å²) in [7, 11) is -3.93. The van der Waals surface area contributed by atoms with Gasteiger partial charge in [-0.05, 0) is 43.3 Å². The van der Waals surface area contributed by atoms with Gasteiger partial charge < -0.3 is 9.64 Å². The maximum Gasteiger partial charge on any atom is 0.573 e. The number of ketones is 1. The van der Waals surface area contributed by atoms with Crippen molar-refractivity contribution in [3.8, 4) is 5.75 Å². The van der Waals surface area contributed by atoms with Crippen molar-refractivity contribution in [1.29, 1.82) is 0 Å². The number of sulfonamides is 1. The number of ether oxygens (including phenoxy) is 1. The molecule has 0 unspecified atom stereocenters. The van der Waals surface area contributed by atoms with Gasteiger partial charge in [-0.3, -0.25) is 4.79 Å². The predicted molar refractivity (Wildman–Crippen MR) is 101 cm³/mol. The molecule has 0 atom stereocenters. The molecule has 2 aromatic rings. The molecule has 0 N–H and O–H groups in total. The molecule has 30 heavy (non-hydrogen) atoms. The summed E-state index contributed by atoms with van der Waals surface area (Å²) in [4.78, 5) is 13.4. The summed E-state index contributed by atoms with van der Waals surface area (Å²) in [6.45, 7) is 1.83. The number of nitrogens with zero attached hydrogens (tertiary/aromatic N) is 2. The lowest BCUT2D eigenvalue weighted by Gasteiger charge is -2.36. The number of Topliss-reactive ketones (excluding diaryl/α,β-unsaturated/α-hetero) is 1. The van der Waals surface area contributed by atoms with Crippen LogP contribution in [0.25, 0.3) is 0 Å². The van der Waals surface area contributed by atoms with Crippen LogP contribution in [0.2, 0.25) is 0 Å². The summed E-state index contributed by atoms with van der Waals surface area (Å²) >= 11 is 0. The molecule has 162 valence electrons. The van der Waals surface area contributed by atoms with Crippen LogP contribution in [-0.2, 0) is 10.0 Å². The van der Waals surface area contributed by atoms with Crippen LogP contribution >= 0.6 is 0 Å². The van der Waals surface area contributed by atoms with Gasteiger partial charge in [-0.2, -0.15) is 4.31 Å². The highest BCUT2D eigenvalue weighted by Crippen LogP contribution is 2.28. The minimum Gasteiger partial charge on any atom is -0.406 e. The second kappa shape index (κ2) is 8.23. The van der Waals surface area contributed by atoms with E-state index in [0.29, 0.717) is 5.69 Å². The van der Waals surface area contributed by atoms with Crippen LogP contribution in [0.3, 0.4) is 0 Å². The van der Waals surface area contributed by atoms with E-state index in [2.05, 4.69) is 4.74 Å². The maximum atomic E-state index is 14.0. The maximum absolute atomic E-state index is 14.0. The summed E-state index contributed by atoms with van der Waals surface area (Å²) in [6.07, 6.45) is -4.87. The smallest absolute Gasteiger partial charge is 0.406 e. The van der Waals surface area contributed by atoms with Gasteiger partial charge in [-0.15, -0.1) is 13.2 Å². The molecule has 0 amide bonds. The molecule has 1 aliphatic rings. The average molecular weight is 446 g/mol. The zero-order valence-corrected chi connectivity index (χ0v) is 16.6. The van der Waals surface area contributed by atoms with Crippen LogP contribution in [0.1, 0.15) is 17.3 Å². The Bertz CT molecular complexity index is 1030. The van der Waals surface area contributed by atoms with Crippen molar-refractivity contribution >= 4 is 21.5 Å². The van der Waals surface area contributed by atoms with Crippen LogP contribution < -0.4 is 9.64 Å². The predicted octanol–water partition coefficient (Wildman–Crippen LogP) is 3.44. The van der Waals surface area contributed by atoms with Gasteiger partial charge in [0.15, 0.2) is 5.78 Å². The molecule has 0 saturated carbocycles. The fourth-order valence-electron chi connectivity index (χ4n) is 3.26. The van der Waals surface area contributed by atoms with Gasteiger partial charge in [0.1, 0.15) is 11.6 Å². The first kappa shape index (κ1) is 22.0. The lowest BCUT2D eigenvalue weighted by molar-refractivity contribution is -0.274. The van der Waals surface area contributed by atoms with E-state index in [4.69, 9.17) is 0 Å². The monoisotopic (exact) mass is 446 g/mol. The Morgan fingerprint density at radius 1 is 1.00 bits per heavy atom. The molecule has 2 aromatic carbocycles. The van der Waals surface area contributed by atoms with Gasteiger partial charge in [0.25, 0.3) is 0 Å². The average Bonchev–Trinajstić information content (AvgIpc) is 2.67. The van der Waals surface area contributed by atoms with Gasteiger partial charge in [-0.1, -0.05) is 6.07 Å². The first-order valence-corrected chi connectivity index (χ1v) is 10.3. The Kier molecular flexibility index (Phi) is 6.04. The highest BCUT2D eigenvalue weighted by Gasteiger charge is 2.32. The van der Waals surface area contributed by atoms with Crippen molar-refractivity contribution in [3.63, 3.8) is 0 Å². The number of carbonyl (C=O) groups excluding carboxylic acids is 1. The molecule has 0 aliphatic carbocycles. The molecular weight excluding hydrogens is 428 g/mol. The summed E-state index contributed by atoms with van der Waals surface area (Å²) in [5.41, 5.74) is 0.349. The van der Waals surface area contributed by atoms with Crippen molar-refractivity contribution in [2.75, 3.05) is 31.1 Å². The molecule has 11 heteroatoms. The third-order valence-electron chi connectivity index (χ3n) is 4.62. The number of hydrogen-bond acceptors (Lipinski definition) is 5.